The highest BCUT2D eigenvalue weighted by molar-refractivity contribution is 7.10. The van der Waals surface area contributed by atoms with Gasteiger partial charge in [-0.15, -0.1) is 11.3 Å². The molecule has 1 aliphatic rings. The van der Waals surface area contributed by atoms with Crippen molar-refractivity contribution in [1.82, 2.24) is 10.2 Å². The van der Waals surface area contributed by atoms with Crippen LogP contribution in [-0.4, -0.2) is 36.1 Å². The van der Waals surface area contributed by atoms with Crippen molar-refractivity contribution in [3.8, 4) is 5.75 Å². The zero-order valence-electron chi connectivity index (χ0n) is 13.9. The Labute approximate surface area is 147 Å². The summed E-state index contributed by atoms with van der Waals surface area (Å²) in [6, 6.07) is 11.7. The monoisotopic (exact) mass is 344 g/mol. The topological polar surface area (TPSA) is 52.6 Å². The molecule has 2 aromatic rings. The number of thiophene rings is 1. The van der Waals surface area contributed by atoms with Crippen LogP contribution in [0.4, 0.5) is 0 Å². The number of nitrogens with zero attached hydrogens (tertiary/aromatic N) is 1. The van der Waals surface area contributed by atoms with E-state index in [1.54, 1.807) is 29.5 Å². The van der Waals surface area contributed by atoms with Crippen LogP contribution in [0.15, 0.2) is 41.8 Å². The molecule has 1 aromatic carbocycles. The fraction of sp³-hybridized carbons (Fsp3) is 0.421. The Morgan fingerprint density at radius 2 is 2.17 bits per heavy atom. The van der Waals surface area contributed by atoms with E-state index in [9.17, 15) is 9.90 Å². The van der Waals surface area contributed by atoms with E-state index in [4.69, 9.17) is 0 Å². The highest BCUT2D eigenvalue weighted by Gasteiger charge is 2.31. The van der Waals surface area contributed by atoms with Gasteiger partial charge in [-0.1, -0.05) is 24.3 Å². The van der Waals surface area contributed by atoms with Gasteiger partial charge in [0.15, 0.2) is 0 Å². The Bertz CT molecular complexity index is 672. The number of para-hydroxylation sites is 1. The van der Waals surface area contributed by atoms with Crippen LogP contribution < -0.4 is 5.32 Å². The summed E-state index contributed by atoms with van der Waals surface area (Å²) in [5, 5.41) is 15.0. The number of phenolic OH excluding ortho intramolecular Hbond substituents is 1. The normalized spacial score (nSPS) is 21.5. The van der Waals surface area contributed by atoms with Crippen molar-refractivity contribution in [2.24, 2.45) is 5.92 Å². The number of amides is 1. The van der Waals surface area contributed by atoms with Crippen LogP contribution >= 0.6 is 11.3 Å². The third-order valence-corrected chi connectivity index (χ3v) is 5.69. The number of hydrogen-bond donors (Lipinski definition) is 2. The second-order valence-electron chi connectivity index (χ2n) is 6.45. The summed E-state index contributed by atoms with van der Waals surface area (Å²) in [4.78, 5) is 16.0. The summed E-state index contributed by atoms with van der Waals surface area (Å²) in [7, 11) is 2.17. The van der Waals surface area contributed by atoms with Gasteiger partial charge in [0.25, 0.3) is 0 Å². The molecule has 128 valence electrons. The van der Waals surface area contributed by atoms with E-state index in [-0.39, 0.29) is 18.1 Å². The molecule has 0 radical (unpaired) electrons. The number of piperidine rings is 1. The maximum absolute atomic E-state index is 12.2. The first-order valence-electron chi connectivity index (χ1n) is 8.42. The molecule has 2 N–H and O–H groups in total. The molecule has 1 aliphatic heterocycles. The Morgan fingerprint density at radius 1 is 1.33 bits per heavy atom. The first-order chi connectivity index (χ1) is 11.6. The Hall–Kier alpha value is -1.85. The fourth-order valence-electron chi connectivity index (χ4n) is 3.52. The van der Waals surface area contributed by atoms with Crippen LogP contribution in [0.1, 0.15) is 29.3 Å². The average molecular weight is 344 g/mol. The number of phenols is 1. The van der Waals surface area contributed by atoms with Crippen LogP contribution in [0.25, 0.3) is 0 Å². The number of rotatable bonds is 5. The maximum Gasteiger partial charge on any atom is 0.224 e. The molecule has 24 heavy (non-hydrogen) atoms. The molecule has 0 aliphatic carbocycles. The molecule has 1 aromatic heterocycles. The van der Waals surface area contributed by atoms with E-state index >= 15 is 0 Å². The summed E-state index contributed by atoms with van der Waals surface area (Å²) in [5.74, 6) is 0.576. The van der Waals surface area contributed by atoms with Gasteiger partial charge in [0.05, 0.1) is 6.42 Å². The van der Waals surface area contributed by atoms with Gasteiger partial charge in [-0.2, -0.15) is 0 Å². The number of carbonyl (C=O) groups excluding carboxylic acids is 1. The molecule has 5 heteroatoms. The van der Waals surface area contributed by atoms with Crippen LogP contribution in [0, 0.1) is 5.92 Å². The lowest BCUT2D eigenvalue weighted by Gasteiger charge is -2.38. The van der Waals surface area contributed by atoms with E-state index in [0.717, 1.165) is 13.0 Å². The molecule has 1 amide bonds. The van der Waals surface area contributed by atoms with Crippen LogP contribution in [0.5, 0.6) is 5.75 Å². The predicted octanol–water partition coefficient (Wildman–Crippen LogP) is 3.20. The highest BCUT2D eigenvalue weighted by Crippen LogP contribution is 2.36. The third-order valence-electron chi connectivity index (χ3n) is 4.75. The smallest absolute Gasteiger partial charge is 0.224 e. The van der Waals surface area contributed by atoms with Crippen molar-refractivity contribution in [3.63, 3.8) is 0 Å². The second-order valence-corrected chi connectivity index (χ2v) is 7.43. The van der Waals surface area contributed by atoms with E-state index < -0.39 is 0 Å². The van der Waals surface area contributed by atoms with E-state index in [0.29, 0.717) is 24.1 Å². The standard InChI is InChI=1S/C19H24N2O2S/c1-21-10-4-7-15(19(21)17-9-5-11-24-17)13-20-18(23)12-14-6-2-3-8-16(14)22/h2-3,5-6,8-9,11,15,19,22H,4,7,10,12-13H2,1H3,(H,20,23). The van der Waals surface area contributed by atoms with E-state index in [1.807, 2.05) is 6.07 Å². The van der Waals surface area contributed by atoms with Crippen molar-refractivity contribution < 1.29 is 9.90 Å². The van der Waals surface area contributed by atoms with Crippen molar-refractivity contribution in [1.29, 1.82) is 0 Å². The molecule has 0 spiro atoms. The Morgan fingerprint density at radius 3 is 2.92 bits per heavy atom. The molecule has 1 fully saturated rings. The number of carbonyl (C=O) groups is 1. The summed E-state index contributed by atoms with van der Waals surface area (Å²) < 4.78 is 0. The van der Waals surface area contributed by atoms with E-state index in [1.165, 1.54) is 11.3 Å². The third kappa shape index (κ3) is 3.97. The van der Waals surface area contributed by atoms with Crippen LogP contribution in [0.3, 0.4) is 0 Å². The quantitative estimate of drug-likeness (QED) is 0.876. The van der Waals surface area contributed by atoms with Gasteiger partial charge in [0.2, 0.25) is 5.91 Å². The molecular formula is C19H24N2O2S. The Kier molecular flexibility index (Phi) is 5.53. The molecule has 2 atom stereocenters. The van der Waals surface area contributed by atoms with Crippen molar-refractivity contribution in [2.75, 3.05) is 20.1 Å². The van der Waals surface area contributed by atoms with Gasteiger partial charge in [-0.25, -0.2) is 0 Å². The predicted molar refractivity (Wildman–Crippen MR) is 97.2 cm³/mol. The lowest BCUT2D eigenvalue weighted by molar-refractivity contribution is -0.120. The minimum Gasteiger partial charge on any atom is -0.508 e. The van der Waals surface area contributed by atoms with Gasteiger partial charge in [0, 0.05) is 23.0 Å². The van der Waals surface area contributed by atoms with Gasteiger partial charge in [0.1, 0.15) is 5.75 Å². The molecule has 4 nitrogen and oxygen atoms in total. The number of nitrogens with one attached hydrogen (secondary N) is 1. The molecule has 0 bridgehead atoms. The van der Waals surface area contributed by atoms with Crippen LogP contribution in [0.2, 0.25) is 0 Å². The highest BCUT2D eigenvalue weighted by atomic mass is 32.1. The molecular weight excluding hydrogens is 320 g/mol. The largest absolute Gasteiger partial charge is 0.508 e. The zero-order chi connectivity index (χ0) is 16.9. The number of aromatic hydroxyl groups is 1. The first kappa shape index (κ1) is 17.0. The SMILES string of the molecule is CN1CCCC(CNC(=O)Cc2ccccc2O)C1c1cccs1. The number of benzene rings is 1. The molecule has 0 saturated carbocycles. The fourth-order valence-corrected chi connectivity index (χ4v) is 4.51. The van der Waals surface area contributed by atoms with Crippen LogP contribution in [-0.2, 0) is 11.2 Å². The second kappa shape index (κ2) is 7.81. The molecule has 1 saturated heterocycles. The minimum atomic E-state index is -0.0327. The first-order valence-corrected chi connectivity index (χ1v) is 9.30. The summed E-state index contributed by atoms with van der Waals surface area (Å²) in [6.45, 7) is 1.78. The lowest BCUT2D eigenvalue weighted by Crippen LogP contribution is -2.41. The van der Waals surface area contributed by atoms with Gasteiger partial charge < -0.3 is 10.4 Å². The summed E-state index contributed by atoms with van der Waals surface area (Å²) in [5.41, 5.74) is 0.672. The van der Waals surface area contributed by atoms with Gasteiger partial charge in [-0.05, 0) is 49.9 Å². The molecule has 3 rings (SSSR count). The maximum atomic E-state index is 12.2. The molecule has 2 heterocycles. The average Bonchev–Trinajstić information content (AvgIpc) is 3.09. The Balaban J connectivity index is 1.60. The molecule has 2 unspecified atom stereocenters. The summed E-state index contributed by atoms with van der Waals surface area (Å²) in [6.07, 6.45) is 2.51. The summed E-state index contributed by atoms with van der Waals surface area (Å²) >= 11 is 1.79. The van der Waals surface area contributed by atoms with Crippen molar-refractivity contribution in [2.45, 2.75) is 25.3 Å². The minimum absolute atomic E-state index is 0.0327. The van der Waals surface area contributed by atoms with Gasteiger partial charge >= 0.3 is 0 Å². The van der Waals surface area contributed by atoms with Crippen molar-refractivity contribution in [3.05, 3.63) is 52.2 Å². The van der Waals surface area contributed by atoms with Crippen molar-refractivity contribution >= 4 is 17.2 Å². The number of likely N-dealkylation sites (tertiary alicyclic amines) is 1. The number of hydrogen-bond acceptors (Lipinski definition) is 4. The zero-order valence-corrected chi connectivity index (χ0v) is 14.8. The van der Waals surface area contributed by atoms with Gasteiger partial charge in [-0.3, -0.25) is 9.69 Å². The lowest BCUT2D eigenvalue weighted by atomic mass is 9.88. The van der Waals surface area contributed by atoms with E-state index in [2.05, 4.69) is 34.8 Å².